The molecule has 1 atom stereocenters. The van der Waals surface area contributed by atoms with Crippen LogP contribution < -0.4 is 4.90 Å². The van der Waals surface area contributed by atoms with Gasteiger partial charge in [-0.05, 0) is 31.4 Å². The third kappa shape index (κ3) is 3.28. The van der Waals surface area contributed by atoms with Crippen molar-refractivity contribution < 1.29 is 19.2 Å². The maximum Gasteiger partial charge on any atom is 0.256 e. The smallest absolute Gasteiger partial charge is 0.256 e. The van der Waals surface area contributed by atoms with Gasteiger partial charge in [0, 0.05) is 32.7 Å². The number of hydrogen-bond acceptors (Lipinski definition) is 5. The summed E-state index contributed by atoms with van der Waals surface area (Å²) in [4.78, 5) is 56.8. The number of rotatable bonds is 3. The van der Waals surface area contributed by atoms with Crippen LogP contribution >= 0.6 is 0 Å². The fourth-order valence-corrected chi connectivity index (χ4v) is 4.25. The zero-order valence-corrected chi connectivity index (χ0v) is 15.7. The highest BCUT2D eigenvalue weighted by Crippen LogP contribution is 2.32. The molecule has 3 heterocycles. The minimum atomic E-state index is -0.579. The molecule has 148 valence electrons. The predicted molar refractivity (Wildman–Crippen MR) is 102 cm³/mol. The molecule has 0 radical (unpaired) electrons. The minimum Gasteiger partial charge on any atom is -0.343 e. The summed E-state index contributed by atoms with van der Waals surface area (Å²) in [6.45, 7) is 2.94. The molecule has 4 amide bonds. The van der Waals surface area contributed by atoms with Crippen LogP contribution in [-0.2, 0) is 14.4 Å². The van der Waals surface area contributed by atoms with Crippen molar-refractivity contribution in [1.82, 2.24) is 14.7 Å². The van der Waals surface area contributed by atoms with E-state index in [4.69, 9.17) is 0 Å². The number of anilines is 1. The van der Waals surface area contributed by atoms with Crippen molar-refractivity contribution in [1.29, 1.82) is 0 Å². The van der Waals surface area contributed by atoms with Crippen LogP contribution in [0.5, 0.6) is 0 Å². The summed E-state index contributed by atoms with van der Waals surface area (Å²) in [6.07, 6.45) is 3.14. The summed E-state index contributed by atoms with van der Waals surface area (Å²) in [5.41, 5.74) is 0.780. The molecule has 28 heavy (non-hydrogen) atoms. The number of fused-ring (bicyclic) bond motifs is 2. The molecule has 1 aromatic rings. The van der Waals surface area contributed by atoms with Gasteiger partial charge in [-0.15, -0.1) is 0 Å². The van der Waals surface area contributed by atoms with Crippen LogP contribution in [0, 0.1) is 0 Å². The second-order valence-electron chi connectivity index (χ2n) is 7.51. The van der Waals surface area contributed by atoms with Gasteiger partial charge in [-0.2, -0.15) is 0 Å². The Morgan fingerprint density at radius 2 is 1.79 bits per heavy atom. The van der Waals surface area contributed by atoms with Crippen molar-refractivity contribution in [3.63, 3.8) is 0 Å². The molecule has 3 aliphatic rings. The number of carbonyl (C=O) groups excluding carboxylic acids is 4. The van der Waals surface area contributed by atoms with Crippen LogP contribution in [-0.4, -0.2) is 84.1 Å². The molecule has 8 heteroatoms. The number of para-hydroxylation sites is 1. The van der Waals surface area contributed by atoms with Gasteiger partial charge in [-0.1, -0.05) is 12.1 Å². The lowest BCUT2D eigenvalue weighted by Crippen LogP contribution is -2.55. The Hall–Kier alpha value is -2.74. The summed E-state index contributed by atoms with van der Waals surface area (Å²) in [7, 11) is 0. The van der Waals surface area contributed by atoms with Crippen LogP contribution in [0.25, 0.3) is 0 Å². The summed E-state index contributed by atoms with van der Waals surface area (Å²) >= 11 is 0. The molecule has 3 aliphatic heterocycles. The van der Waals surface area contributed by atoms with Crippen LogP contribution in [0.2, 0.25) is 0 Å². The van der Waals surface area contributed by atoms with Crippen LogP contribution in [0.4, 0.5) is 5.69 Å². The maximum atomic E-state index is 13.3. The van der Waals surface area contributed by atoms with E-state index in [-0.39, 0.29) is 24.3 Å². The number of benzene rings is 1. The second-order valence-corrected chi connectivity index (χ2v) is 7.51. The summed E-state index contributed by atoms with van der Waals surface area (Å²) in [5, 5.41) is 0. The first-order valence-corrected chi connectivity index (χ1v) is 9.78. The molecule has 8 nitrogen and oxygen atoms in total. The van der Waals surface area contributed by atoms with Crippen molar-refractivity contribution >= 4 is 29.8 Å². The van der Waals surface area contributed by atoms with Gasteiger partial charge in [-0.25, -0.2) is 4.90 Å². The Balaban J connectivity index is 1.62. The van der Waals surface area contributed by atoms with Crippen LogP contribution in [0.1, 0.15) is 29.6 Å². The van der Waals surface area contributed by atoms with Gasteiger partial charge in [0.25, 0.3) is 11.8 Å². The van der Waals surface area contributed by atoms with E-state index >= 15 is 0 Å². The summed E-state index contributed by atoms with van der Waals surface area (Å²) in [5.74, 6) is -0.810. The number of imide groups is 1. The van der Waals surface area contributed by atoms with E-state index in [0.717, 1.165) is 19.3 Å². The molecule has 0 saturated carbocycles. The number of nitrogens with zero attached hydrogens (tertiary/aromatic N) is 4. The van der Waals surface area contributed by atoms with Gasteiger partial charge < -0.3 is 9.80 Å². The highest BCUT2D eigenvalue weighted by molar-refractivity contribution is 6.22. The quantitative estimate of drug-likeness (QED) is 0.702. The zero-order valence-electron chi connectivity index (χ0n) is 15.7. The third-order valence-electron chi connectivity index (χ3n) is 5.81. The number of piperidine rings is 1. The topological polar surface area (TPSA) is 81.2 Å². The molecular weight excluding hydrogens is 360 g/mol. The third-order valence-corrected chi connectivity index (χ3v) is 5.81. The van der Waals surface area contributed by atoms with Crippen LogP contribution in [0.15, 0.2) is 24.3 Å². The van der Waals surface area contributed by atoms with Crippen molar-refractivity contribution in [2.75, 3.05) is 44.2 Å². The Bertz CT molecular complexity index is 803. The van der Waals surface area contributed by atoms with Crippen molar-refractivity contribution in [2.24, 2.45) is 0 Å². The van der Waals surface area contributed by atoms with Crippen molar-refractivity contribution in [2.45, 2.75) is 25.3 Å². The molecule has 2 saturated heterocycles. The monoisotopic (exact) mass is 384 g/mol. The van der Waals surface area contributed by atoms with Crippen molar-refractivity contribution in [3.05, 3.63) is 29.8 Å². The molecule has 0 N–H and O–H groups in total. The lowest BCUT2D eigenvalue weighted by Gasteiger charge is -2.35. The molecular formula is C20H24N4O4. The SMILES string of the molecule is O=CN1CCN(CC(=O)N2C(=O)[C@H]3CCCCN3C(=O)c3ccccc32)CC1. The van der Waals surface area contributed by atoms with E-state index in [2.05, 4.69) is 0 Å². The van der Waals surface area contributed by atoms with Gasteiger partial charge in [0.2, 0.25) is 12.3 Å². The Morgan fingerprint density at radius 3 is 2.54 bits per heavy atom. The van der Waals surface area contributed by atoms with Crippen molar-refractivity contribution in [3.8, 4) is 0 Å². The standard InChI is InChI=1S/C20H24N4O4/c25-14-22-11-9-21(10-12-22)13-18(26)24-16-6-2-1-5-15(16)19(27)23-8-4-3-7-17(23)20(24)28/h1-2,5-6,14,17H,3-4,7-13H2/t17-/m1/s1. The maximum absolute atomic E-state index is 13.3. The number of piperazine rings is 1. The van der Waals surface area contributed by atoms with E-state index in [1.54, 1.807) is 34.1 Å². The molecule has 2 fully saturated rings. The van der Waals surface area contributed by atoms with E-state index in [0.29, 0.717) is 50.4 Å². The largest absolute Gasteiger partial charge is 0.343 e. The van der Waals surface area contributed by atoms with Gasteiger partial charge in [-0.3, -0.25) is 24.1 Å². The van der Waals surface area contributed by atoms with Gasteiger partial charge in [0.1, 0.15) is 6.04 Å². The van der Waals surface area contributed by atoms with E-state index in [1.165, 1.54) is 4.90 Å². The van der Waals surface area contributed by atoms with Gasteiger partial charge in [0.15, 0.2) is 0 Å². The van der Waals surface area contributed by atoms with E-state index < -0.39 is 6.04 Å². The summed E-state index contributed by atoms with van der Waals surface area (Å²) < 4.78 is 0. The van der Waals surface area contributed by atoms with Gasteiger partial charge in [0.05, 0.1) is 17.8 Å². The lowest BCUT2D eigenvalue weighted by atomic mass is 10.0. The Morgan fingerprint density at radius 1 is 1.04 bits per heavy atom. The molecule has 0 aromatic heterocycles. The average Bonchev–Trinajstić information content (AvgIpc) is 2.82. The number of carbonyl (C=O) groups is 4. The van der Waals surface area contributed by atoms with E-state index in [1.807, 2.05) is 4.90 Å². The fourth-order valence-electron chi connectivity index (χ4n) is 4.25. The first-order valence-electron chi connectivity index (χ1n) is 9.78. The molecule has 0 spiro atoms. The minimum absolute atomic E-state index is 0.0910. The number of amides is 4. The predicted octanol–water partition coefficient (Wildman–Crippen LogP) is 0.329. The first kappa shape index (κ1) is 18.6. The molecule has 4 rings (SSSR count). The molecule has 0 bridgehead atoms. The molecule has 0 unspecified atom stereocenters. The molecule has 1 aromatic carbocycles. The highest BCUT2D eigenvalue weighted by Gasteiger charge is 2.42. The zero-order chi connectivity index (χ0) is 19.7. The first-order chi connectivity index (χ1) is 13.6. The summed E-state index contributed by atoms with van der Waals surface area (Å²) in [6, 6.07) is 6.28. The Kier molecular flexibility index (Phi) is 5.13. The molecule has 0 aliphatic carbocycles. The average molecular weight is 384 g/mol. The number of hydrogen-bond donors (Lipinski definition) is 0. The van der Waals surface area contributed by atoms with Gasteiger partial charge >= 0.3 is 0 Å². The fraction of sp³-hybridized carbons (Fsp3) is 0.500. The van der Waals surface area contributed by atoms with E-state index in [9.17, 15) is 19.2 Å². The van der Waals surface area contributed by atoms with Crippen LogP contribution in [0.3, 0.4) is 0 Å². The highest BCUT2D eigenvalue weighted by atomic mass is 16.2. The lowest BCUT2D eigenvalue weighted by molar-refractivity contribution is -0.130. The Labute approximate surface area is 163 Å². The normalized spacial score (nSPS) is 23.1. The second kappa shape index (κ2) is 7.71.